The molecule has 0 radical (unpaired) electrons. The highest BCUT2D eigenvalue weighted by Gasteiger charge is 2.17. The Morgan fingerprint density at radius 2 is 2.05 bits per heavy atom. The second-order valence-corrected chi connectivity index (χ2v) is 6.83. The average Bonchev–Trinajstić information content (AvgIpc) is 3.13. The number of hydrogen-bond acceptors (Lipinski definition) is 4. The fourth-order valence-corrected chi connectivity index (χ4v) is 3.75. The van der Waals surface area contributed by atoms with Gasteiger partial charge in [-0.25, -0.2) is 4.98 Å². The number of thiophene rings is 1. The van der Waals surface area contributed by atoms with Gasteiger partial charge in [-0.15, -0.1) is 11.3 Å². The first kappa shape index (κ1) is 14.8. The van der Waals surface area contributed by atoms with Crippen LogP contribution in [0.25, 0.3) is 0 Å². The molecule has 5 heteroatoms. The molecule has 3 rings (SSSR count). The molecule has 1 N–H and O–H groups in total. The van der Waals surface area contributed by atoms with Gasteiger partial charge < -0.3 is 10.2 Å². The minimum atomic E-state index is 0.809. The molecule has 21 heavy (non-hydrogen) atoms. The van der Waals surface area contributed by atoms with Crippen LogP contribution >= 0.6 is 22.9 Å². The highest BCUT2D eigenvalue weighted by atomic mass is 35.5. The van der Waals surface area contributed by atoms with Crippen molar-refractivity contribution in [1.82, 2.24) is 10.3 Å². The van der Waals surface area contributed by atoms with E-state index in [-0.39, 0.29) is 0 Å². The molecule has 0 atom stereocenters. The van der Waals surface area contributed by atoms with Crippen molar-refractivity contribution < 1.29 is 0 Å². The van der Waals surface area contributed by atoms with E-state index >= 15 is 0 Å². The Morgan fingerprint density at radius 1 is 1.24 bits per heavy atom. The summed E-state index contributed by atoms with van der Waals surface area (Å²) in [4.78, 5) is 8.35. The first-order valence-electron chi connectivity index (χ1n) is 7.38. The smallest absolute Gasteiger partial charge is 0.133 e. The van der Waals surface area contributed by atoms with E-state index in [1.165, 1.54) is 23.3 Å². The van der Waals surface area contributed by atoms with E-state index in [2.05, 4.69) is 29.3 Å². The second kappa shape index (κ2) is 6.77. The zero-order chi connectivity index (χ0) is 14.7. The third-order valence-corrected chi connectivity index (χ3v) is 5.18. The summed E-state index contributed by atoms with van der Waals surface area (Å²) in [6.45, 7) is 5.94. The van der Waals surface area contributed by atoms with Gasteiger partial charge in [0.15, 0.2) is 0 Å². The van der Waals surface area contributed by atoms with Crippen LogP contribution < -0.4 is 10.2 Å². The van der Waals surface area contributed by atoms with Crippen LogP contribution in [0.1, 0.15) is 29.0 Å². The molecule has 112 valence electrons. The van der Waals surface area contributed by atoms with Crippen molar-refractivity contribution in [2.24, 2.45) is 0 Å². The molecule has 0 spiro atoms. The Balaban J connectivity index is 1.68. The molecule has 1 fully saturated rings. The predicted molar refractivity (Wildman–Crippen MR) is 90.3 cm³/mol. The fraction of sp³-hybridized carbons (Fsp3) is 0.438. The summed E-state index contributed by atoms with van der Waals surface area (Å²) < 4.78 is 0. The third kappa shape index (κ3) is 3.57. The number of rotatable bonds is 5. The molecule has 0 aliphatic carbocycles. The minimum Gasteiger partial charge on any atom is -0.356 e. The number of aryl methyl sites for hydroxylation is 1. The zero-order valence-corrected chi connectivity index (χ0v) is 13.8. The Morgan fingerprint density at radius 3 is 2.76 bits per heavy atom. The minimum absolute atomic E-state index is 0.809. The van der Waals surface area contributed by atoms with Crippen LogP contribution in [-0.4, -0.2) is 18.1 Å². The van der Waals surface area contributed by atoms with Gasteiger partial charge in [0, 0.05) is 42.3 Å². The van der Waals surface area contributed by atoms with E-state index in [1.54, 1.807) is 11.3 Å². The lowest BCUT2D eigenvalue weighted by Gasteiger charge is -2.20. The maximum absolute atomic E-state index is 6.13. The van der Waals surface area contributed by atoms with E-state index in [4.69, 9.17) is 16.6 Å². The summed E-state index contributed by atoms with van der Waals surface area (Å²) in [6.07, 6.45) is 2.54. The molecule has 1 aliphatic rings. The van der Waals surface area contributed by atoms with Gasteiger partial charge >= 0.3 is 0 Å². The van der Waals surface area contributed by atoms with Crippen molar-refractivity contribution in [3.8, 4) is 0 Å². The Hall–Kier alpha value is -1.10. The molecule has 1 aliphatic heterocycles. The van der Waals surface area contributed by atoms with Gasteiger partial charge in [-0.3, -0.25) is 0 Å². The number of nitrogens with one attached hydrogen (secondary N) is 1. The van der Waals surface area contributed by atoms with Crippen molar-refractivity contribution in [2.45, 2.75) is 32.9 Å². The lowest BCUT2D eigenvalue weighted by molar-refractivity contribution is 0.695. The molecule has 3 heterocycles. The quantitative estimate of drug-likeness (QED) is 0.902. The van der Waals surface area contributed by atoms with Crippen molar-refractivity contribution >= 4 is 28.8 Å². The van der Waals surface area contributed by atoms with E-state index in [9.17, 15) is 0 Å². The standard InChI is InChI=1S/C16H20ClN3S/c1-12-4-5-13(16(19-12)20-7-2-3-8-20)10-18-11-15-14(17)6-9-21-15/h4-6,9,18H,2-3,7-8,10-11H2,1H3. The normalized spacial score (nSPS) is 14.9. The molecule has 0 bridgehead atoms. The van der Waals surface area contributed by atoms with Gasteiger partial charge in [-0.05, 0) is 37.3 Å². The maximum Gasteiger partial charge on any atom is 0.133 e. The lowest BCUT2D eigenvalue weighted by Crippen LogP contribution is -2.23. The largest absolute Gasteiger partial charge is 0.356 e. The topological polar surface area (TPSA) is 28.2 Å². The molecule has 0 aromatic carbocycles. The molecule has 2 aromatic heterocycles. The Labute approximate surface area is 135 Å². The molecular formula is C16H20ClN3S. The average molecular weight is 322 g/mol. The number of nitrogens with zero attached hydrogens (tertiary/aromatic N) is 2. The lowest BCUT2D eigenvalue weighted by atomic mass is 10.2. The van der Waals surface area contributed by atoms with Crippen LogP contribution in [0.2, 0.25) is 5.02 Å². The number of hydrogen-bond donors (Lipinski definition) is 1. The van der Waals surface area contributed by atoms with E-state index in [1.807, 2.05) is 11.4 Å². The summed E-state index contributed by atoms with van der Waals surface area (Å²) >= 11 is 7.82. The molecule has 2 aromatic rings. The van der Waals surface area contributed by atoms with Crippen LogP contribution in [0.3, 0.4) is 0 Å². The Kier molecular flexibility index (Phi) is 4.78. The molecular weight excluding hydrogens is 302 g/mol. The van der Waals surface area contributed by atoms with Crippen LogP contribution in [-0.2, 0) is 13.1 Å². The van der Waals surface area contributed by atoms with Gasteiger partial charge in [0.1, 0.15) is 5.82 Å². The molecule has 3 nitrogen and oxygen atoms in total. The number of pyridine rings is 1. The van der Waals surface area contributed by atoms with Crippen molar-refractivity contribution in [3.05, 3.63) is 44.7 Å². The monoisotopic (exact) mass is 321 g/mol. The Bertz CT molecular complexity index is 605. The van der Waals surface area contributed by atoms with Gasteiger partial charge in [-0.2, -0.15) is 0 Å². The van der Waals surface area contributed by atoms with Crippen LogP contribution in [0.15, 0.2) is 23.6 Å². The second-order valence-electron chi connectivity index (χ2n) is 5.42. The summed E-state index contributed by atoms with van der Waals surface area (Å²) in [7, 11) is 0. The SMILES string of the molecule is Cc1ccc(CNCc2sccc2Cl)c(N2CCCC2)n1. The van der Waals surface area contributed by atoms with Crippen LogP contribution in [0, 0.1) is 6.92 Å². The van der Waals surface area contributed by atoms with Gasteiger partial charge in [-0.1, -0.05) is 17.7 Å². The maximum atomic E-state index is 6.13. The number of halogens is 1. The molecule has 0 unspecified atom stereocenters. The summed E-state index contributed by atoms with van der Waals surface area (Å²) in [5, 5.41) is 6.37. The first-order valence-corrected chi connectivity index (χ1v) is 8.64. The predicted octanol–water partition coefficient (Wildman–Crippen LogP) is 3.99. The highest BCUT2D eigenvalue weighted by Crippen LogP contribution is 2.24. The zero-order valence-electron chi connectivity index (χ0n) is 12.2. The van der Waals surface area contributed by atoms with E-state index in [0.29, 0.717) is 0 Å². The van der Waals surface area contributed by atoms with E-state index in [0.717, 1.165) is 42.7 Å². The summed E-state index contributed by atoms with van der Waals surface area (Å²) in [5.74, 6) is 1.15. The van der Waals surface area contributed by atoms with Crippen molar-refractivity contribution in [3.63, 3.8) is 0 Å². The summed E-state index contributed by atoms with van der Waals surface area (Å²) in [6, 6.07) is 6.24. The molecule has 0 amide bonds. The highest BCUT2D eigenvalue weighted by molar-refractivity contribution is 7.10. The third-order valence-electron chi connectivity index (χ3n) is 3.79. The number of anilines is 1. The molecule has 0 saturated carbocycles. The van der Waals surface area contributed by atoms with Gasteiger partial charge in [0.05, 0.1) is 5.02 Å². The fourth-order valence-electron chi connectivity index (χ4n) is 2.67. The van der Waals surface area contributed by atoms with Crippen molar-refractivity contribution in [1.29, 1.82) is 0 Å². The van der Waals surface area contributed by atoms with E-state index < -0.39 is 0 Å². The first-order chi connectivity index (χ1) is 10.2. The summed E-state index contributed by atoms with van der Waals surface area (Å²) in [5.41, 5.74) is 2.36. The molecule has 1 saturated heterocycles. The van der Waals surface area contributed by atoms with Gasteiger partial charge in [0.2, 0.25) is 0 Å². The van der Waals surface area contributed by atoms with Crippen LogP contribution in [0.5, 0.6) is 0 Å². The van der Waals surface area contributed by atoms with Crippen LogP contribution in [0.4, 0.5) is 5.82 Å². The van der Waals surface area contributed by atoms with Gasteiger partial charge in [0.25, 0.3) is 0 Å². The number of aromatic nitrogens is 1. The van der Waals surface area contributed by atoms with Crippen molar-refractivity contribution in [2.75, 3.05) is 18.0 Å².